The van der Waals surface area contributed by atoms with Crippen molar-refractivity contribution >= 4 is 57.0 Å². The number of halogens is 1. The van der Waals surface area contributed by atoms with E-state index in [0.29, 0.717) is 11.4 Å². The molecule has 120 valence electrons. The number of nitrogens with two attached hydrogens (primary N) is 1. The van der Waals surface area contributed by atoms with E-state index >= 15 is 0 Å². The molecule has 0 atom stereocenters. The van der Waals surface area contributed by atoms with Gasteiger partial charge >= 0.3 is 0 Å². The number of nitrogens with one attached hydrogen (secondary N) is 1. The minimum Gasteiger partial charge on any atom is -0.369 e. The highest BCUT2D eigenvalue weighted by Crippen LogP contribution is 2.27. The smallest absolute Gasteiger partial charge is 0.234 e. The third-order valence-electron chi connectivity index (χ3n) is 2.70. The molecule has 0 unspecified atom stereocenters. The van der Waals surface area contributed by atoms with Gasteiger partial charge in [-0.05, 0) is 30.3 Å². The van der Waals surface area contributed by atoms with Crippen molar-refractivity contribution in [3.63, 3.8) is 0 Å². The summed E-state index contributed by atoms with van der Waals surface area (Å²) in [5.41, 5.74) is 5.85. The normalized spacial score (nSPS) is 10.3. The SMILES string of the molecule is NC(=O)CSc1ccccc1NC(=O)CSc1cccc(Br)c1. The lowest BCUT2D eigenvalue weighted by Crippen LogP contribution is -2.15. The number of para-hydroxylation sites is 1. The van der Waals surface area contributed by atoms with E-state index in [1.54, 1.807) is 0 Å². The summed E-state index contributed by atoms with van der Waals surface area (Å²) in [7, 11) is 0. The van der Waals surface area contributed by atoms with Gasteiger partial charge in [0.25, 0.3) is 0 Å². The average Bonchev–Trinajstić information content (AvgIpc) is 2.52. The second-order valence-corrected chi connectivity index (χ2v) is 7.53. The van der Waals surface area contributed by atoms with Gasteiger partial charge in [0.05, 0.1) is 17.2 Å². The standard InChI is InChI=1S/C16H15BrN2O2S2/c17-11-4-3-5-12(8-11)22-10-16(21)19-13-6-1-2-7-14(13)23-9-15(18)20/h1-8H,9-10H2,(H2,18,20)(H,19,21). The summed E-state index contributed by atoms with van der Waals surface area (Å²) in [6.45, 7) is 0. The molecule has 0 fully saturated rings. The van der Waals surface area contributed by atoms with Crippen LogP contribution < -0.4 is 11.1 Å². The van der Waals surface area contributed by atoms with Crippen molar-refractivity contribution in [1.29, 1.82) is 0 Å². The fourth-order valence-electron chi connectivity index (χ4n) is 1.74. The molecule has 0 aliphatic rings. The first-order valence-corrected chi connectivity index (χ1v) is 9.49. The molecule has 2 amide bonds. The quantitative estimate of drug-likeness (QED) is 0.681. The molecule has 2 rings (SSSR count). The minimum atomic E-state index is -0.388. The molecule has 2 aromatic carbocycles. The Bertz CT molecular complexity index is 710. The van der Waals surface area contributed by atoms with Crippen molar-refractivity contribution in [2.75, 3.05) is 16.8 Å². The van der Waals surface area contributed by atoms with Gasteiger partial charge in [-0.25, -0.2) is 0 Å². The summed E-state index contributed by atoms with van der Waals surface area (Å²) in [6.07, 6.45) is 0. The summed E-state index contributed by atoms with van der Waals surface area (Å²) in [4.78, 5) is 24.9. The number of hydrogen-bond donors (Lipinski definition) is 2. The van der Waals surface area contributed by atoms with Crippen LogP contribution in [0.2, 0.25) is 0 Å². The fraction of sp³-hybridized carbons (Fsp3) is 0.125. The van der Waals surface area contributed by atoms with E-state index in [-0.39, 0.29) is 17.6 Å². The first kappa shape index (κ1) is 17.9. The largest absolute Gasteiger partial charge is 0.369 e. The van der Waals surface area contributed by atoms with Gasteiger partial charge in [-0.3, -0.25) is 9.59 Å². The van der Waals surface area contributed by atoms with Crippen molar-refractivity contribution in [2.24, 2.45) is 5.73 Å². The Morgan fingerprint density at radius 2 is 1.83 bits per heavy atom. The molecule has 4 nitrogen and oxygen atoms in total. The zero-order valence-corrected chi connectivity index (χ0v) is 15.3. The molecule has 0 aromatic heterocycles. The van der Waals surface area contributed by atoms with Gasteiger partial charge in [-0.2, -0.15) is 0 Å². The number of rotatable bonds is 7. The number of benzene rings is 2. The predicted molar refractivity (Wildman–Crippen MR) is 99.9 cm³/mol. The predicted octanol–water partition coefficient (Wildman–Crippen LogP) is 3.76. The lowest BCUT2D eigenvalue weighted by molar-refractivity contribution is -0.115. The zero-order chi connectivity index (χ0) is 16.7. The molecular weight excluding hydrogens is 396 g/mol. The summed E-state index contributed by atoms with van der Waals surface area (Å²) in [5, 5.41) is 2.87. The van der Waals surface area contributed by atoms with Gasteiger partial charge in [0.1, 0.15) is 0 Å². The molecule has 0 aliphatic carbocycles. The highest BCUT2D eigenvalue weighted by molar-refractivity contribution is 9.10. The highest BCUT2D eigenvalue weighted by Gasteiger charge is 2.09. The van der Waals surface area contributed by atoms with Crippen LogP contribution in [0.15, 0.2) is 62.8 Å². The summed E-state index contributed by atoms with van der Waals surface area (Å²) < 4.78 is 0.983. The summed E-state index contributed by atoms with van der Waals surface area (Å²) in [6, 6.07) is 15.2. The number of anilines is 1. The molecule has 0 radical (unpaired) electrons. The Balaban J connectivity index is 1.93. The molecule has 0 aliphatic heterocycles. The Morgan fingerprint density at radius 1 is 1.04 bits per heavy atom. The lowest BCUT2D eigenvalue weighted by atomic mass is 10.3. The zero-order valence-electron chi connectivity index (χ0n) is 12.1. The Hall–Kier alpha value is -1.44. The van der Waals surface area contributed by atoms with Crippen molar-refractivity contribution in [1.82, 2.24) is 0 Å². The van der Waals surface area contributed by atoms with Crippen LogP contribution in [0.1, 0.15) is 0 Å². The first-order valence-electron chi connectivity index (χ1n) is 6.73. The molecule has 23 heavy (non-hydrogen) atoms. The third kappa shape index (κ3) is 6.29. The van der Waals surface area contributed by atoms with E-state index in [0.717, 1.165) is 14.3 Å². The average molecular weight is 411 g/mol. The van der Waals surface area contributed by atoms with Gasteiger partial charge in [0, 0.05) is 14.3 Å². The molecule has 0 saturated heterocycles. The molecule has 3 N–H and O–H groups in total. The lowest BCUT2D eigenvalue weighted by Gasteiger charge is -2.10. The second-order valence-electron chi connectivity index (χ2n) is 4.55. The van der Waals surface area contributed by atoms with Gasteiger partial charge < -0.3 is 11.1 Å². The molecule has 2 aromatic rings. The van der Waals surface area contributed by atoms with Crippen LogP contribution in [0.3, 0.4) is 0 Å². The van der Waals surface area contributed by atoms with E-state index in [4.69, 9.17) is 5.73 Å². The number of thioether (sulfide) groups is 2. The van der Waals surface area contributed by atoms with Crippen LogP contribution in [-0.2, 0) is 9.59 Å². The fourth-order valence-corrected chi connectivity index (χ4v) is 3.79. The van der Waals surface area contributed by atoms with E-state index in [1.807, 2.05) is 48.5 Å². The number of carbonyl (C=O) groups excluding carboxylic acids is 2. The molecule has 0 heterocycles. The van der Waals surface area contributed by atoms with Crippen molar-refractivity contribution in [3.05, 3.63) is 53.0 Å². The van der Waals surface area contributed by atoms with Crippen LogP contribution in [-0.4, -0.2) is 23.3 Å². The van der Waals surface area contributed by atoms with E-state index in [9.17, 15) is 9.59 Å². The molecular formula is C16H15BrN2O2S2. The molecule has 0 spiro atoms. The van der Waals surface area contributed by atoms with Gasteiger partial charge in [0.2, 0.25) is 11.8 Å². The highest BCUT2D eigenvalue weighted by atomic mass is 79.9. The third-order valence-corrected chi connectivity index (χ3v) is 5.28. The maximum atomic E-state index is 12.1. The molecule has 0 bridgehead atoms. The first-order chi connectivity index (χ1) is 11.0. The number of carbonyl (C=O) groups is 2. The minimum absolute atomic E-state index is 0.0953. The van der Waals surface area contributed by atoms with Gasteiger partial charge in [-0.15, -0.1) is 23.5 Å². The Morgan fingerprint density at radius 3 is 2.57 bits per heavy atom. The molecule has 0 saturated carbocycles. The van der Waals surface area contributed by atoms with Crippen molar-refractivity contribution in [3.8, 4) is 0 Å². The van der Waals surface area contributed by atoms with Gasteiger partial charge in [0.15, 0.2) is 0 Å². The van der Waals surface area contributed by atoms with E-state index in [2.05, 4.69) is 21.2 Å². The van der Waals surface area contributed by atoms with Crippen LogP contribution in [0.25, 0.3) is 0 Å². The van der Waals surface area contributed by atoms with Crippen LogP contribution in [0.4, 0.5) is 5.69 Å². The summed E-state index contributed by atoms with van der Waals surface area (Å²) >= 11 is 6.18. The van der Waals surface area contributed by atoms with Crippen molar-refractivity contribution < 1.29 is 9.59 Å². The summed E-state index contributed by atoms with van der Waals surface area (Å²) in [5.74, 6) is 0.00810. The maximum Gasteiger partial charge on any atom is 0.234 e. The van der Waals surface area contributed by atoms with E-state index in [1.165, 1.54) is 23.5 Å². The second kappa shape index (κ2) is 9.00. The van der Waals surface area contributed by atoms with E-state index < -0.39 is 0 Å². The Kier molecular flexibility index (Phi) is 7.01. The van der Waals surface area contributed by atoms with Crippen LogP contribution >= 0.6 is 39.5 Å². The monoisotopic (exact) mass is 410 g/mol. The number of amides is 2. The Labute approximate surface area is 151 Å². The van der Waals surface area contributed by atoms with Gasteiger partial charge in [-0.1, -0.05) is 34.1 Å². The van der Waals surface area contributed by atoms with Crippen LogP contribution in [0, 0.1) is 0 Å². The van der Waals surface area contributed by atoms with Crippen molar-refractivity contribution in [2.45, 2.75) is 9.79 Å². The maximum absolute atomic E-state index is 12.1. The molecule has 7 heteroatoms. The topological polar surface area (TPSA) is 72.2 Å². The van der Waals surface area contributed by atoms with Crippen LogP contribution in [0.5, 0.6) is 0 Å². The number of primary amides is 1. The number of hydrogen-bond acceptors (Lipinski definition) is 4.